The molecule has 0 aliphatic rings. The molecule has 1 rings (SSSR count). The van der Waals surface area contributed by atoms with Gasteiger partial charge in [0.05, 0.1) is 7.11 Å². The van der Waals surface area contributed by atoms with Gasteiger partial charge >= 0.3 is 0 Å². The molecular weight excluding hydrogens is 286 g/mol. The second-order valence-electron chi connectivity index (χ2n) is 3.77. The molecule has 1 heterocycles. The zero-order chi connectivity index (χ0) is 12.8. The SMILES string of the molecule is COc1ncc(Br)cc1C(=O)NCCN(C)C. The van der Waals surface area contributed by atoms with Crippen molar-refractivity contribution in [2.75, 3.05) is 34.3 Å². The number of nitrogens with one attached hydrogen (secondary N) is 1. The highest BCUT2D eigenvalue weighted by atomic mass is 79.9. The third kappa shape index (κ3) is 4.32. The van der Waals surface area contributed by atoms with Gasteiger partial charge in [0.25, 0.3) is 5.91 Å². The Morgan fingerprint density at radius 3 is 2.88 bits per heavy atom. The average Bonchev–Trinajstić information content (AvgIpc) is 2.28. The second kappa shape index (κ2) is 6.56. The van der Waals surface area contributed by atoms with Crippen LogP contribution in [0.1, 0.15) is 10.4 Å². The smallest absolute Gasteiger partial charge is 0.256 e. The van der Waals surface area contributed by atoms with Crippen molar-refractivity contribution in [2.24, 2.45) is 0 Å². The van der Waals surface area contributed by atoms with Crippen molar-refractivity contribution in [1.82, 2.24) is 15.2 Å². The summed E-state index contributed by atoms with van der Waals surface area (Å²) in [7, 11) is 5.40. The van der Waals surface area contributed by atoms with Crippen LogP contribution in [0.15, 0.2) is 16.7 Å². The summed E-state index contributed by atoms with van der Waals surface area (Å²) < 4.78 is 5.79. The van der Waals surface area contributed by atoms with Gasteiger partial charge in [0, 0.05) is 23.8 Å². The minimum Gasteiger partial charge on any atom is -0.480 e. The van der Waals surface area contributed by atoms with Crippen LogP contribution in [0.2, 0.25) is 0 Å². The molecule has 94 valence electrons. The summed E-state index contributed by atoms with van der Waals surface area (Å²) in [6.07, 6.45) is 1.59. The van der Waals surface area contributed by atoms with Gasteiger partial charge in [-0.05, 0) is 36.1 Å². The van der Waals surface area contributed by atoms with Gasteiger partial charge in [-0.15, -0.1) is 0 Å². The van der Waals surface area contributed by atoms with E-state index in [1.807, 2.05) is 19.0 Å². The molecule has 1 aromatic rings. The lowest BCUT2D eigenvalue weighted by Crippen LogP contribution is -2.31. The number of nitrogens with zero attached hydrogens (tertiary/aromatic N) is 2. The average molecular weight is 302 g/mol. The van der Waals surface area contributed by atoms with Crippen molar-refractivity contribution in [3.63, 3.8) is 0 Å². The van der Waals surface area contributed by atoms with Crippen LogP contribution in [0.5, 0.6) is 5.88 Å². The largest absolute Gasteiger partial charge is 0.480 e. The van der Waals surface area contributed by atoms with Crippen LogP contribution in [0.3, 0.4) is 0 Å². The van der Waals surface area contributed by atoms with E-state index in [9.17, 15) is 4.79 Å². The van der Waals surface area contributed by atoms with Crippen LogP contribution < -0.4 is 10.1 Å². The number of ether oxygens (including phenoxy) is 1. The number of methoxy groups -OCH3 is 1. The number of rotatable bonds is 5. The molecule has 0 aliphatic carbocycles. The highest BCUT2D eigenvalue weighted by molar-refractivity contribution is 9.10. The Hall–Kier alpha value is -1.14. The lowest BCUT2D eigenvalue weighted by molar-refractivity contribution is 0.0947. The van der Waals surface area contributed by atoms with Crippen molar-refractivity contribution >= 4 is 21.8 Å². The van der Waals surface area contributed by atoms with Gasteiger partial charge < -0.3 is 15.0 Å². The summed E-state index contributed by atoms with van der Waals surface area (Å²) in [5, 5.41) is 2.81. The van der Waals surface area contributed by atoms with Gasteiger partial charge in [-0.3, -0.25) is 4.79 Å². The number of hydrogen-bond donors (Lipinski definition) is 1. The Morgan fingerprint density at radius 1 is 1.59 bits per heavy atom. The molecule has 0 saturated carbocycles. The molecule has 1 amide bonds. The van der Waals surface area contributed by atoms with E-state index in [1.165, 1.54) is 7.11 Å². The molecule has 0 bridgehead atoms. The number of amides is 1. The van der Waals surface area contributed by atoms with Gasteiger partial charge in [-0.1, -0.05) is 0 Å². The van der Waals surface area contributed by atoms with E-state index in [0.29, 0.717) is 18.0 Å². The standard InChI is InChI=1S/C11H16BrN3O2/c1-15(2)5-4-13-10(16)9-6-8(12)7-14-11(9)17-3/h6-7H,4-5H2,1-3H3,(H,13,16). The minimum atomic E-state index is -0.183. The van der Waals surface area contributed by atoms with Gasteiger partial charge in [-0.2, -0.15) is 0 Å². The Kier molecular flexibility index (Phi) is 5.37. The quantitative estimate of drug-likeness (QED) is 0.886. The fraction of sp³-hybridized carbons (Fsp3) is 0.455. The van der Waals surface area contributed by atoms with E-state index < -0.39 is 0 Å². The third-order valence-corrected chi connectivity index (χ3v) is 2.53. The first kappa shape index (κ1) is 13.9. The molecule has 0 aliphatic heterocycles. The Bertz CT molecular complexity index is 396. The van der Waals surface area contributed by atoms with Gasteiger partial charge in [0.15, 0.2) is 0 Å². The number of carbonyl (C=O) groups excluding carboxylic acids is 1. The van der Waals surface area contributed by atoms with E-state index >= 15 is 0 Å². The van der Waals surface area contributed by atoms with Crippen LogP contribution in [0, 0.1) is 0 Å². The van der Waals surface area contributed by atoms with Crippen LogP contribution in [-0.2, 0) is 0 Å². The lowest BCUT2D eigenvalue weighted by atomic mass is 10.2. The summed E-state index contributed by atoms with van der Waals surface area (Å²) >= 11 is 3.28. The summed E-state index contributed by atoms with van der Waals surface area (Å²) in [4.78, 5) is 17.9. The van der Waals surface area contributed by atoms with Gasteiger partial charge in [0.1, 0.15) is 5.56 Å². The third-order valence-electron chi connectivity index (χ3n) is 2.10. The maximum Gasteiger partial charge on any atom is 0.256 e. The minimum absolute atomic E-state index is 0.183. The molecule has 0 unspecified atom stereocenters. The molecule has 5 nitrogen and oxygen atoms in total. The number of carbonyl (C=O) groups is 1. The monoisotopic (exact) mass is 301 g/mol. The number of likely N-dealkylation sites (N-methyl/N-ethyl adjacent to an activating group) is 1. The molecule has 0 saturated heterocycles. The Morgan fingerprint density at radius 2 is 2.29 bits per heavy atom. The molecule has 6 heteroatoms. The lowest BCUT2D eigenvalue weighted by Gasteiger charge is -2.11. The molecule has 0 spiro atoms. The zero-order valence-corrected chi connectivity index (χ0v) is 11.7. The van der Waals surface area contributed by atoms with Crippen molar-refractivity contribution in [2.45, 2.75) is 0 Å². The van der Waals surface area contributed by atoms with E-state index in [1.54, 1.807) is 12.3 Å². The van der Waals surface area contributed by atoms with E-state index in [4.69, 9.17) is 4.74 Å². The summed E-state index contributed by atoms with van der Waals surface area (Å²) in [6.45, 7) is 1.37. The second-order valence-corrected chi connectivity index (χ2v) is 4.69. The van der Waals surface area contributed by atoms with E-state index in [2.05, 4.69) is 26.2 Å². The van der Waals surface area contributed by atoms with Crippen molar-refractivity contribution < 1.29 is 9.53 Å². The van der Waals surface area contributed by atoms with Gasteiger partial charge in [0.2, 0.25) is 5.88 Å². The number of halogens is 1. The topological polar surface area (TPSA) is 54.5 Å². The fourth-order valence-electron chi connectivity index (χ4n) is 1.24. The van der Waals surface area contributed by atoms with Crippen LogP contribution >= 0.6 is 15.9 Å². The highest BCUT2D eigenvalue weighted by Crippen LogP contribution is 2.19. The maximum atomic E-state index is 11.9. The number of pyridine rings is 1. The molecule has 1 aromatic heterocycles. The van der Waals surface area contributed by atoms with Crippen LogP contribution in [-0.4, -0.2) is 50.1 Å². The Labute approximate surface area is 109 Å². The first-order valence-corrected chi connectivity index (χ1v) is 5.96. The maximum absolute atomic E-state index is 11.9. The van der Waals surface area contributed by atoms with Gasteiger partial charge in [-0.25, -0.2) is 4.98 Å². The van der Waals surface area contributed by atoms with Crippen molar-refractivity contribution in [1.29, 1.82) is 0 Å². The summed E-state index contributed by atoms with van der Waals surface area (Å²) in [6, 6.07) is 1.69. The molecule has 0 aromatic carbocycles. The predicted octanol–water partition coefficient (Wildman–Crippen LogP) is 1.14. The van der Waals surface area contributed by atoms with Crippen molar-refractivity contribution in [3.8, 4) is 5.88 Å². The molecule has 17 heavy (non-hydrogen) atoms. The molecule has 1 N–H and O–H groups in total. The normalized spacial score (nSPS) is 10.4. The molecule has 0 fully saturated rings. The van der Waals surface area contributed by atoms with E-state index in [-0.39, 0.29) is 5.91 Å². The van der Waals surface area contributed by atoms with Crippen LogP contribution in [0.25, 0.3) is 0 Å². The predicted molar refractivity (Wildman–Crippen MR) is 69.4 cm³/mol. The first-order chi connectivity index (χ1) is 8.04. The zero-order valence-electron chi connectivity index (χ0n) is 10.2. The fourth-order valence-corrected chi connectivity index (χ4v) is 1.57. The summed E-state index contributed by atoms with van der Waals surface area (Å²) in [5.74, 6) is 0.146. The first-order valence-electron chi connectivity index (χ1n) is 5.17. The molecular formula is C11H16BrN3O2. The van der Waals surface area contributed by atoms with Crippen molar-refractivity contribution in [3.05, 3.63) is 22.3 Å². The van der Waals surface area contributed by atoms with E-state index in [0.717, 1.165) is 11.0 Å². The molecule has 0 atom stereocenters. The number of aromatic nitrogens is 1. The highest BCUT2D eigenvalue weighted by Gasteiger charge is 2.13. The number of hydrogen-bond acceptors (Lipinski definition) is 4. The molecule has 0 radical (unpaired) electrons. The van der Waals surface area contributed by atoms with Crippen LogP contribution in [0.4, 0.5) is 0 Å². The summed E-state index contributed by atoms with van der Waals surface area (Å²) in [5.41, 5.74) is 0.431. The Balaban J connectivity index is 2.70.